The first-order valence-corrected chi connectivity index (χ1v) is 7.61. The monoisotopic (exact) mass is 337 g/mol. The first kappa shape index (κ1) is 18.3. The Bertz CT molecular complexity index is 575. The predicted octanol–water partition coefficient (Wildman–Crippen LogP) is 2.88. The quantitative estimate of drug-likeness (QED) is 0.805. The molecule has 1 aromatic heterocycles. The molecule has 122 valence electrons. The Labute approximate surface area is 128 Å². The van der Waals surface area contributed by atoms with E-state index in [1.165, 1.54) is 18.7 Å². The number of alkyl halides is 3. The molecule has 1 aromatic rings. The van der Waals surface area contributed by atoms with Crippen LogP contribution in [0.1, 0.15) is 38.9 Å². The molecule has 22 heavy (non-hydrogen) atoms. The van der Waals surface area contributed by atoms with Gasteiger partial charge < -0.3 is 9.84 Å². The highest BCUT2D eigenvalue weighted by Crippen LogP contribution is 2.33. The fourth-order valence-electron chi connectivity index (χ4n) is 1.84. The van der Waals surface area contributed by atoms with Crippen LogP contribution >= 0.6 is 11.8 Å². The smallest absolute Gasteiger partial charge is 0.434 e. The molecule has 0 atom stereocenters. The van der Waals surface area contributed by atoms with Gasteiger partial charge in [0.05, 0.1) is 17.7 Å². The third-order valence-electron chi connectivity index (χ3n) is 2.72. The van der Waals surface area contributed by atoms with Gasteiger partial charge in [-0.25, -0.2) is 9.59 Å². The largest absolute Gasteiger partial charge is 0.478 e. The van der Waals surface area contributed by atoms with Gasteiger partial charge in [-0.1, -0.05) is 0 Å². The van der Waals surface area contributed by atoms with Crippen molar-refractivity contribution in [1.29, 1.82) is 0 Å². The van der Waals surface area contributed by atoms with Crippen LogP contribution in [0, 0.1) is 0 Å². The van der Waals surface area contributed by atoms with Gasteiger partial charge in [0.25, 0.3) is 0 Å². The van der Waals surface area contributed by atoms with Crippen molar-refractivity contribution >= 4 is 23.7 Å². The number of rotatable bonds is 6. The lowest BCUT2D eigenvalue weighted by molar-refractivity contribution is -0.141. The van der Waals surface area contributed by atoms with E-state index in [4.69, 9.17) is 5.11 Å². The van der Waals surface area contributed by atoms with Crippen molar-refractivity contribution in [1.82, 2.24) is 4.98 Å². The van der Waals surface area contributed by atoms with Gasteiger partial charge in [-0.05, 0) is 30.9 Å². The Morgan fingerprint density at radius 2 is 2.05 bits per heavy atom. The predicted molar refractivity (Wildman–Crippen MR) is 74.2 cm³/mol. The maximum absolute atomic E-state index is 13.1. The Morgan fingerprint density at radius 3 is 2.50 bits per heavy atom. The molecule has 5 nitrogen and oxygen atoms in total. The molecule has 1 N–H and O–H groups in total. The highest BCUT2D eigenvalue weighted by Gasteiger charge is 2.40. The summed E-state index contributed by atoms with van der Waals surface area (Å²) in [6, 6.07) is 0. The summed E-state index contributed by atoms with van der Waals surface area (Å²) in [5, 5.41) is 9.11. The van der Waals surface area contributed by atoms with Crippen LogP contribution in [0.4, 0.5) is 13.2 Å². The van der Waals surface area contributed by atoms with Crippen LogP contribution in [0.25, 0.3) is 0 Å². The number of carbonyl (C=O) groups is 2. The number of esters is 1. The fourth-order valence-corrected chi connectivity index (χ4v) is 2.24. The number of carbonyl (C=O) groups excluding carboxylic acids is 1. The van der Waals surface area contributed by atoms with E-state index in [2.05, 4.69) is 9.72 Å². The SMILES string of the molecule is CCOC(=O)c1c(C(F)(F)F)ncc(C(=O)O)c1CCSC. The Hall–Kier alpha value is -1.77. The summed E-state index contributed by atoms with van der Waals surface area (Å²) >= 11 is 1.32. The third-order valence-corrected chi connectivity index (χ3v) is 3.33. The Kier molecular flexibility index (Phi) is 6.21. The minimum atomic E-state index is -4.88. The van der Waals surface area contributed by atoms with Crippen LogP contribution in [0.2, 0.25) is 0 Å². The zero-order valence-electron chi connectivity index (χ0n) is 11.9. The van der Waals surface area contributed by atoms with E-state index >= 15 is 0 Å². The van der Waals surface area contributed by atoms with Gasteiger partial charge in [0.1, 0.15) is 0 Å². The molecule has 0 bridgehead atoms. The number of aromatic carboxylic acids is 1. The first-order chi connectivity index (χ1) is 10.2. The number of carboxylic acids is 1. The van der Waals surface area contributed by atoms with Gasteiger partial charge in [0, 0.05) is 6.20 Å². The highest BCUT2D eigenvalue weighted by molar-refractivity contribution is 7.98. The average Bonchev–Trinajstić information content (AvgIpc) is 2.42. The third kappa shape index (κ3) is 4.12. The minimum Gasteiger partial charge on any atom is -0.478 e. The molecule has 9 heteroatoms. The number of hydrogen-bond donors (Lipinski definition) is 1. The van der Waals surface area contributed by atoms with Crippen molar-refractivity contribution in [2.75, 3.05) is 18.6 Å². The van der Waals surface area contributed by atoms with Crippen LogP contribution < -0.4 is 0 Å². The maximum atomic E-state index is 13.1. The zero-order chi connectivity index (χ0) is 16.9. The van der Waals surface area contributed by atoms with E-state index in [9.17, 15) is 22.8 Å². The van der Waals surface area contributed by atoms with Crippen molar-refractivity contribution in [2.24, 2.45) is 0 Å². The molecule has 1 rings (SSSR count). The number of nitrogens with zero attached hydrogens (tertiary/aromatic N) is 1. The number of ether oxygens (including phenoxy) is 1. The molecule has 0 spiro atoms. The number of halogens is 3. The van der Waals surface area contributed by atoms with Gasteiger partial charge in [0.2, 0.25) is 0 Å². The molecule has 0 aliphatic carbocycles. The van der Waals surface area contributed by atoms with Crippen molar-refractivity contribution in [3.63, 3.8) is 0 Å². The molecule has 0 saturated heterocycles. The summed E-state index contributed by atoms with van der Waals surface area (Å²) in [5.74, 6) is -2.31. The number of hydrogen-bond acceptors (Lipinski definition) is 5. The summed E-state index contributed by atoms with van der Waals surface area (Å²) in [6.45, 7) is 1.32. The van der Waals surface area contributed by atoms with Gasteiger partial charge in [0.15, 0.2) is 5.69 Å². The minimum absolute atomic E-state index is 0.0114. The molecular formula is C13H14F3NO4S. The van der Waals surface area contributed by atoms with E-state index in [0.29, 0.717) is 11.9 Å². The average molecular weight is 337 g/mol. The van der Waals surface area contributed by atoms with Crippen molar-refractivity contribution < 1.29 is 32.6 Å². The maximum Gasteiger partial charge on any atom is 0.434 e. The van der Waals surface area contributed by atoms with E-state index < -0.39 is 34.9 Å². The zero-order valence-corrected chi connectivity index (χ0v) is 12.7. The summed E-state index contributed by atoms with van der Waals surface area (Å²) in [4.78, 5) is 26.2. The Morgan fingerprint density at radius 1 is 1.41 bits per heavy atom. The summed E-state index contributed by atoms with van der Waals surface area (Å²) in [6.07, 6.45) is -2.55. The van der Waals surface area contributed by atoms with Crippen LogP contribution in [0.3, 0.4) is 0 Å². The normalized spacial score (nSPS) is 11.3. The van der Waals surface area contributed by atoms with Crippen molar-refractivity contribution in [2.45, 2.75) is 19.5 Å². The van der Waals surface area contributed by atoms with Crippen molar-refractivity contribution in [3.05, 3.63) is 28.6 Å². The molecule has 0 unspecified atom stereocenters. The molecule has 0 amide bonds. The highest BCUT2D eigenvalue weighted by atomic mass is 32.2. The molecule has 1 heterocycles. The number of carboxylic acid groups (broad SMARTS) is 1. The summed E-state index contributed by atoms with van der Waals surface area (Å²) < 4.78 is 43.8. The molecular weight excluding hydrogens is 323 g/mol. The molecule has 0 aromatic carbocycles. The second-order valence-electron chi connectivity index (χ2n) is 4.14. The van der Waals surface area contributed by atoms with Gasteiger partial charge in [-0.3, -0.25) is 4.98 Å². The number of pyridine rings is 1. The summed E-state index contributed by atoms with van der Waals surface area (Å²) in [7, 11) is 0. The number of thioether (sulfide) groups is 1. The second-order valence-corrected chi connectivity index (χ2v) is 5.13. The second kappa shape index (κ2) is 7.48. The standard InChI is InChI=1S/C13H14F3NO4S/c1-3-21-12(20)9-7(4-5-22-2)8(11(18)19)6-17-10(9)13(14,15)16/h6H,3-5H2,1-2H3,(H,18,19). The van der Waals surface area contributed by atoms with E-state index in [1.807, 2.05) is 0 Å². The fraction of sp³-hybridized carbons (Fsp3) is 0.462. The molecule has 0 aliphatic rings. The topological polar surface area (TPSA) is 76.5 Å². The summed E-state index contributed by atoms with van der Waals surface area (Å²) in [5.41, 5.74) is -2.87. The van der Waals surface area contributed by atoms with E-state index in [0.717, 1.165) is 0 Å². The first-order valence-electron chi connectivity index (χ1n) is 6.22. The lowest BCUT2D eigenvalue weighted by Crippen LogP contribution is -2.22. The molecule has 0 fully saturated rings. The van der Waals surface area contributed by atoms with E-state index in [-0.39, 0.29) is 18.6 Å². The molecule has 0 aliphatic heterocycles. The van der Waals surface area contributed by atoms with Crippen LogP contribution in [-0.4, -0.2) is 40.6 Å². The van der Waals surface area contributed by atoms with Crippen LogP contribution in [-0.2, 0) is 17.3 Å². The van der Waals surface area contributed by atoms with Crippen LogP contribution in [0.5, 0.6) is 0 Å². The van der Waals surface area contributed by atoms with Gasteiger partial charge >= 0.3 is 18.1 Å². The lowest BCUT2D eigenvalue weighted by atomic mass is 9.98. The lowest BCUT2D eigenvalue weighted by Gasteiger charge is -2.16. The van der Waals surface area contributed by atoms with Crippen LogP contribution in [0.15, 0.2) is 6.20 Å². The number of aromatic nitrogens is 1. The molecule has 0 saturated carbocycles. The van der Waals surface area contributed by atoms with Gasteiger partial charge in [-0.15, -0.1) is 0 Å². The Balaban J connectivity index is 3.62. The van der Waals surface area contributed by atoms with Crippen molar-refractivity contribution in [3.8, 4) is 0 Å². The van der Waals surface area contributed by atoms with E-state index in [1.54, 1.807) is 6.26 Å². The van der Waals surface area contributed by atoms with Gasteiger partial charge in [-0.2, -0.15) is 24.9 Å². The molecule has 0 radical (unpaired) electrons.